The molecule has 1 saturated carbocycles. The molecule has 5 nitrogen and oxygen atoms in total. The monoisotopic (exact) mass is 420 g/mol. The topological polar surface area (TPSA) is 58.6 Å². The normalized spacial score (nSPS) is 17.8. The first-order chi connectivity index (χ1) is 15.0. The lowest BCUT2D eigenvalue weighted by molar-refractivity contribution is -0.134. The highest BCUT2D eigenvalue weighted by atomic mass is 16.5. The predicted octanol–water partition coefficient (Wildman–Crippen LogP) is 4.66. The van der Waals surface area contributed by atoms with Gasteiger partial charge in [-0.2, -0.15) is 0 Å². The molecule has 0 aromatic heterocycles. The zero-order valence-electron chi connectivity index (χ0n) is 18.5. The molecule has 4 rings (SSSR count). The van der Waals surface area contributed by atoms with Gasteiger partial charge in [-0.1, -0.05) is 36.8 Å². The molecule has 0 radical (unpaired) electrons. The number of aryl methyl sites for hydroxylation is 1. The fourth-order valence-corrected chi connectivity index (χ4v) is 4.12. The van der Waals surface area contributed by atoms with Crippen LogP contribution < -0.4 is 10.1 Å². The second-order valence-electron chi connectivity index (χ2n) is 8.79. The minimum Gasteiger partial charge on any atom is -0.490 e. The fraction of sp³-hybridized carbons (Fsp3) is 0.462. The molecule has 1 heterocycles. The first-order valence-electron chi connectivity index (χ1n) is 11.5. The van der Waals surface area contributed by atoms with Gasteiger partial charge in [0, 0.05) is 37.4 Å². The Morgan fingerprint density at radius 2 is 1.65 bits per heavy atom. The molecule has 0 spiro atoms. The summed E-state index contributed by atoms with van der Waals surface area (Å²) < 4.78 is 6.11. The van der Waals surface area contributed by atoms with Crippen LogP contribution in [-0.2, 0) is 4.79 Å². The highest BCUT2D eigenvalue weighted by molar-refractivity contribution is 5.94. The van der Waals surface area contributed by atoms with Crippen LogP contribution >= 0.6 is 0 Å². The summed E-state index contributed by atoms with van der Waals surface area (Å²) in [4.78, 5) is 26.9. The second-order valence-corrected chi connectivity index (χ2v) is 8.79. The molecule has 31 heavy (non-hydrogen) atoms. The smallest absolute Gasteiger partial charge is 0.251 e. The number of hydrogen-bond acceptors (Lipinski definition) is 3. The number of ether oxygens (including phenoxy) is 1. The van der Waals surface area contributed by atoms with Crippen molar-refractivity contribution in [3.05, 3.63) is 65.2 Å². The molecule has 5 heteroatoms. The molecule has 2 amide bonds. The van der Waals surface area contributed by atoms with Crippen LogP contribution in [0, 0.1) is 12.8 Å². The summed E-state index contributed by atoms with van der Waals surface area (Å²) in [6.45, 7) is 5.69. The number of nitrogens with zero attached hydrogens (tertiary/aromatic N) is 1. The summed E-state index contributed by atoms with van der Waals surface area (Å²) in [6.07, 6.45) is 4.77. The molecule has 2 fully saturated rings. The minimum absolute atomic E-state index is 0.00689. The van der Waals surface area contributed by atoms with Crippen LogP contribution in [0.3, 0.4) is 0 Å². The van der Waals surface area contributed by atoms with E-state index in [4.69, 9.17) is 4.74 Å². The molecule has 1 aliphatic carbocycles. The Morgan fingerprint density at radius 3 is 2.23 bits per heavy atom. The molecule has 2 aromatic rings. The Bertz CT molecular complexity index is 895. The maximum atomic E-state index is 12.7. The Balaban J connectivity index is 1.29. The van der Waals surface area contributed by atoms with Crippen LogP contribution in [0.5, 0.6) is 5.75 Å². The first kappa shape index (κ1) is 21.4. The van der Waals surface area contributed by atoms with Gasteiger partial charge in [0.05, 0.1) is 6.04 Å². The van der Waals surface area contributed by atoms with Gasteiger partial charge in [0.2, 0.25) is 5.91 Å². The van der Waals surface area contributed by atoms with E-state index in [-0.39, 0.29) is 24.0 Å². The number of amides is 2. The van der Waals surface area contributed by atoms with E-state index in [1.54, 1.807) is 0 Å². The van der Waals surface area contributed by atoms with E-state index in [0.717, 1.165) is 56.5 Å². The molecule has 0 bridgehead atoms. The molecule has 1 aliphatic heterocycles. The summed E-state index contributed by atoms with van der Waals surface area (Å²) in [5.74, 6) is 1.30. The van der Waals surface area contributed by atoms with Crippen molar-refractivity contribution in [2.24, 2.45) is 5.92 Å². The highest BCUT2D eigenvalue weighted by Crippen LogP contribution is 2.32. The van der Waals surface area contributed by atoms with Gasteiger partial charge in [0.15, 0.2) is 0 Å². The summed E-state index contributed by atoms with van der Waals surface area (Å²) in [5.41, 5.74) is 2.95. The second kappa shape index (κ2) is 9.54. The standard InChI is InChI=1S/C26H32N2O3/c1-3-24(19-6-4-18(2)5-7-19)27-25(29)20-10-12-22(13-11-20)31-23-14-16-28(17-15-23)26(30)21-8-9-21/h4-7,10-13,21,23-24H,3,8-9,14-17H2,1-2H3,(H,27,29)/t24-/m1/s1. The molecule has 1 atom stereocenters. The van der Waals surface area contributed by atoms with Gasteiger partial charge in [-0.25, -0.2) is 0 Å². The quantitative estimate of drug-likeness (QED) is 0.709. The third kappa shape index (κ3) is 5.46. The molecule has 164 valence electrons. The molecule has 2 aliphatic rings. The van der Waals surface area contributed by atoms with E-state index in [1.165, 1.54) is 5.56 Å². The van der Waals surface area contributed by atoms with Crippen LogP contribution in [-0.4, -0.2) is 35.9 Å². The van der Waals surface area contributed by atoms with Crippen molar-refractivity contribution >= 4 is 11.8 Å². The van der Waals surface area contributed by atoms with Crippen LogP contribution in [0.15, 0.2) is 48.5 Å². The van der Waals surface area contributed by atoms with E-state index in [9.17, 15) is 9.59 Å². The lowest BCUT2D eigenvalue weighted by Gasteiger charge is -2.32. The van der Waals surface area contributed by atoms with E-state index in [1.807, 2.05) is 29.2 Å². The largest absolute Gasteiger partial charge is 0.490 e. The van der Waals surface area contributed by atoms with Gasteiger partial charge in [0.25, 0.3) is 5.91 Å². The van der Waals surface area contributed by atoms with Crippen LogP contribution in [0.1, 0.15) is 66.6 Å². The predicted molar refractivity (Wildman–Crippen MR) is 121 cm³/mol. The third-order valence-electron chi connectivity index (χ3n) is 6.29. The van der Waals surface area contributed by atoms with Crippen molar-refractivity contribution < 1.29 is 14.3 Å². The number of rotatable bonds is 7. The average Bonchev–Trinajstić information content (AvgIpc) is 3.64. The van der Waals surface area contributed by atoms with Gasteiger partial charge in [0.1, 0.15) is 11.9 Å². The fourth-order valence-electron chi connectivity index (χ4n) is 4.12. The Kier molecular flexibility index (Phi) is 6.59. The molecule has 1 saturated heterocycles. The molecular formula is C26H32N2O3. The van der Waals surface area contributed by atoms with Crippen molar-refractivity contribution in [2.75, 3.05) is 13.1 Å². The number of benzene rings is 2. The van der Waals surface area contributed by atoms with Gasteiger partial charge in [-0.3, -0.25) is 9.59 Å². The van der Waals surface area contributed by atoms with Crippen molar-refractivity contribution in [2.45, 2.75) is 58.1 Å². The molecular weight excluding hydrogens is 388 g/mol. The summed E-state index contributed by atoms with van der Waals surface area (Å²) in [7, 11) is 0. The number of hydrogen-bond donors (Lipinski definition) is 1. The van der Waals surface area contributed by atoms with Gasteiger partial charge >= 0.3 is 0 Å². The number of carbonyl (C=O) groups excluding carboxylic acids is 2. The van der Waals surface area contributed by atoms with Crippen LogP contribution in [0.4, 0.5) is 0 Å². The lowest BCUT2D eigenvalue weighted by Crippen LogP contribution is -2.42. The molecule has 2 aromatic carbocycles. The third-order valence-corrected chi connectivity index (χ3v) is 6.29. The van der Waals surface area contributed by atoms with Crippen molar-refractivity contribution in [1.29, 1.82) is 0 Å². The number of piperidine rings is 1. The van der Waals surface area contributed by atoms with E-state index in [2.05, 4.69) is 43.4 Å². The maximum Gasteiger partial charge on any atom is 0.251 e. The Morgan fingerprint density at radius 1 is 1.00 bits per heavy atom. The average molecular weight is 421 g/mol. The minimum atomic E-state index is -0.0779. The number of likely N-dealkylation sites (tertiary alicyclic amines) is 1. The van der Waals surface area contributed by atoms with Gasteiger partial charge in [-0.15, -0.1) is 0 Å². The van der Waals surface area contributed by atoms with E-state index in [0.29, 0.717) is 11.5 Å². The zero-order chi connectivity index (χ0) is 21.8. The van der Waals surface area contributed by atoms with Crippen molar-refractivity contribution in [1.82, 2.24) is 10.2 Å². The molecule has 0 unspecified atom stereocenters. The van der Waals surface area contributed by atoms with Crippen molar-refractivity contribution in [3.8, 4) is 5.75 Å². The number of nitrogens with one attached hydrogen (secondary N) is 1. The number of carbonyl (C=O) groups is 2. The summed E-state index contributed by atoms with van der Waals surface area (Å²) in [6, 6.07) is 15.6. The first-order valence-corrected chi connectivity index (χ1v) is 11.5. The summed E-state index contributed by atoms with van der Waals surface area (Å²) in [5, 5.41) is 3.13. The van der Waals surface area contributed by atoms with Gasteiger partial charge < -0.3 is 15.0 Å². The van der Waals surface area contributed by atoms with E-state index < -0.39 is 0 Å². The highest BCUT2D eigenvalue weighted by Gasteiger charge is 2.35. The van der Waals surface area contributed by atoms with Crippen LogP contribution in [0.2, 0.25) is 0 Å². The summed E-state index contributed by atoms with van der Waals surface area (Å²) >= 11 is 0. The van der Waals surface area contributed by atoms with Gasteiger partial charge in [-0.05, 0) is 56.0 Å². The molecule has 1 N–H and O–H groups in total. The Labute approximate surface area is 184 Å². The van der Waals surface area contributed by atoms with Crippen molar-refractivity contribution in [3.63, 3.8) is 0 Å². The lowest BCUT2D eigenvalue weighted by atomic mass is 10.0. The zero-order valence-corrected chi connectivity index (χ0v) is 18.5. The SMILES string of the molecule is CC[C@@H](NC(=O)c1ccc(OC2CCN(C(=O)C3CC3)CC2)cc1)c1ccc(C)cc1. The van der Waals surface area contributed by atoms with Crippen LogP contribution in [0.25, 0.3) is 0 Å². The Hall–Kier alpha value is -2.82. The maximum absolute atomic E-state index is 12.7. The van der Waals surface area contributed by atoms with E-state index >= 15 is 0 Å².